The predicted octanol–water partition coefficient (Wildman–Crippen LogP) is 3.20. The van der Waals surface area contributed by atoms with Gasteiger partial charge in [0.15, 0.2) is 5.82 Å². The zero-order valence-electron chi connectivity index (χ0n) is 12.4. The second kappa shape index (κ2) is 5.35. The van der Waals surface area contributed by atoms with E-state index < -0.39 is 0 Å². The summed E-state index contributed by atoms with van der Waals surface area (Å²) >= 11 is 0. The van der Waals surface area contributed by atoms with E-state index in [-0.39, 0.29) is 11.6 Å². The molecule has 0 radical (unpaired) electrons. The van der Waals surface area contributed by atoms with Crippen LogP contribution in [-0.4, -0.2) is 15.6 Å². The van der Waals surface area contributed by atoms with Gasteiger partial charge in [0.2, 0.25) is 0 Å². The molecule has 0 bridgehead atoms. The van der Waals surface area contributed by atoms with Gasteiger partial charge in [-0.2, -0.15) is 0 Å². The lowest BCUT2D eigenvalue weighted by Crippen LogP contribution is -2.34. The first kappa shape index (κ1) is 14.1. The number of aromatic nitrogens is 2. The van der Waals surface area contributed by atoms with Gasteiger partial charge in [-0.1, -0.05) is 13.8 Å². The van der Waals surface area contributed by atoms with E-state index >= 15 is 0 Å². The minimum absolute atomic E-state index is 0.0117. The number of hydrogen-bond acceptors (Lipinski definition) is 3. The molecule has 1 aromatic heterocycles. The van der Waals surface area contributed by atoms with Gasteiger partial charge in [-0.3, -0.25) is 4.79 Å². The van der Waals surface area contributed by atoms with E-state index in [0.29, 0.717) is 17.3 Å². The van der Waals surface area contributed by atoms with Crippen LogP contribution in [0.3, 0.4) is 0 Å². The molecule has 0 spiro atoms. The highest BCUT2D eigenvalue weighted by Gasteiger charge is 2.27. The van der Waals surface area contributed by atoms with E-state index in [1.54, 1.807) is 17.0 Å². The third-order valence-corrected chi connectivity index (χ3v) is 4.10. The summed E-state index contributed by atoms with van der Waals surface area (Å²) in [5, 5.41) is 3.34. The molecular formula is C15H25N3O. The van der Waals surface area contributed by atoms with Crippen LogP contribution in [0.25, 0.3) is 0 Å². The fraction of sp³-hybridized carbons (Fsp3) is 0.733. The second-order valence-electron chi connectivity index (χ2n) is 6.66. The normalized spacial score (nSPS) is 19.6. The molecular weight excluding hydrogens is 238 g/mol. The van der Waals surface area contributed by atoms with Crippen LogP contribution in [0.4, 0.5) is 5.82 Å². The lowest BCUT2D eigenvalue weighted by atomic mass is 9.75. The Labute approximate surface area is 115 Å². The Morgan fingerprint density at radius 1 is 1.37 bits per heavy atom. The monoisotopic (exact) mass is 263 g/mol. The van der Waals surface area contributed by atoms with E-state index in [4.69, 9.17) is 0 Å². The van der Waals surface area contributed by atoms with E-state index in [2.05, 4.69) is 24.1 Å². The molecule has 1 heterocycles. The first-order valence-corrected chi connectivity index (χ1v) is 7.23. The summed E-state index contributed by atoms with van der Waals surface area (Å²) in [5.41, 5.74) is 0.433. The Morgan fingerprint density at radius 2 is 2.00 bits per heavy atom. The van der Waals surface area contributed by atoms with Crippen molar-refractivity contribution in [2.45, 2.75) is 65.5 Å². The van der Waals surface area contributed by atoms with Crippen LogP contribution in [0.2, 0.25) is 0 Å². The average Bonchev–Trinajstić information content (AvgIpc) is 2.34. The summed E-state index contributed by atoms with van der Waals surface area (Å²) in [5.74, 6) is 0.501. The SMILES string of the molecule is CC(C)n1ccnc(NC2CCC(C)(C)CC2)c1=O. The molecule has 1 saturated carbocycles. The predicted molar refractivity (Wildman–Crippen MR) is 78.5 cm³/mol. The zero-order valence-corrected chi connectivity index (χ0v) is 12.4. The first-order chi connectivity index (χ1) is 8.89. The number of nitrogens with zero attached hydrogens (tertiary/aromatic N) is 2. The Bertz CT molecular complexity index is 480. The molecule has 0 atom stereocenters. The van der Waals surface area contributed by atoms with E-state index in [0.717, 1.165) is 12.8 Å². The zero-order chi connectivity index (χ0) is 14.0. The smallest absolute Gasteiger partial charge is 0.293 e. The van der Waals surface area contributed by atoms with Gasteiger partial charge >= 0.3 is 0 Å². The molecule has 1 aromatic rings. The van der Waals surface area contributed by atoms with Crippen molar-refractivity contribution >= 4 is 5.82 Å². The maximum Gasteiger partial charge on any atom is 0.293 e. The van der Waals surface area contributed by atoms with Gasteiger partial charge in [-0.15, -0.1) is 0 Å². The van der Waals surface area contributed by atoms with Crippen LogP contribution in [0.5, 0.6) is 0 Å². The summed E-state index contributed by atoms with van der Waals surface area (Å²) in [7, 11) is 0. The van der Waals surface area contributed by atoms with Gasteiger partial charge in [-0.25, -0.2) is 4.98 Å². The molecule has 2 rings (SSSR count). The topological polar surface area (TPSA) is 46.9 Å². The lowest BCUT2D eigenvalue weighted by Gasteiger charge is -2.34. The maximum atomic E-state index is 12.2. The van der Waals surface area contributed by atoms with Crippen LogP contribution in [-0.2, 0) is 0 Å². The van der Waals surface area contributed by atoms with Crippen LogP contribution >= 0.6 is 0 Å². The lowest BCUT2D eigenvalue weighted by molar-refractivity contribution is 0.232. The molecule has 0 unspecified atom stereocenters. The van der Waals surface area contributed by atoms with Crippen molar-refractivity contribution in [3.63, 3.8) is 0 Å². The maximum absolute atomic E-state index is 12.2. The van der Waals surface area contributed by atoms with E-state index in [1.807, 2.05) is 13.8 Å². The second-order valence-corrected chi connectivity index (χ2v) is 6.66. The van der Waals surface area contributed by atoms with Gasteiger partial charge < -0.3 is 9.88 Å². The molecule has 106 valence electrons. The Hall–Kier alpha value is -1.32. The van der Waals surface area contributed by atoms with Gasteiger partial charge in [-0.05, 0) is 44.9 Å². The Morgan fingerprint density at radius 3 is 2.58 bits per heavy atom. The van der Waals surface area contributed by atoms with Crippen molar-refractivity contribution in [2.24, 2.45) is 5.41 Å². The highest BCUT2D eigenvalue weighted by Crippen LogP contribution is 2.35. The highest BCUT2D eigenvalue weighted by molar-refractivity contribution is 5.32. The van der Waals surface area contributed by atoms with Gasteiger partial charge in [0.25, 0.3) is 5.56 Å². The molecule has 1 aliphatic carbocycles. The molecule has 1 N–H and O–H groups in total. The summed E-state index contributed by atoms with van der Waals surface area (Å²) < 4.78 is 1.72. The first-order valence-electron chi connectivity index (χ1n) is 7.23. The standard InChI is InChI=1S/C15H25N3O/c1-11(2)18-10-9-16-13(14(18)19)17-12-5-7-15(3,4)8-6-12/h9-12H,5-8H2,1-4H3,(H,16,17). The summed E-state index contributed by atoms with van der Waals surface area (Å²) in [6.45, 7) is 8.65. The van der Waals surface area contributed by atoms with Crippen molar-refractivity contribution in [1.82, 2.24) is 9.55 Å². The van der Waals surface area contributed by atoms with Crippen LogP contribution in [0, 0.1) is 5.41 Å². The molecule has 1 fully saturated rings. The summed E-state index contributed by atoms with van der Waals surface area (Å²) in [6.07, 6.45) is 8.10. The van der Waals surface area contributed by atoms with Crippen molar-refractivity contribution in [3.05, 3.63) is 22.7 Å². The third kappa shape index (κ3) is 3.37. The Kier molecular flexibility index (Phi) is 3.97. The molecule has 0 amide bonds. The third-order valence-electron chi connectivity index (χ3n) is 4.10. The molecule has 0 saturated heterocycles. The number of hydrogen-bond donors (Lipinski definition) is 1. The molecule has 1 aliphatic rings. The molecule has 19 heavy (non-hydrogen) atoms. The molecule has 4 nitrogen and oxygen atoms in total. The quantitative estimate of drug-likeness (QED) is 0.911. The van der Waals surface area contributed by atoms with E-state index in [9.17, 15) is 4.79 Å². The van der Waals surface area contributed by atoms with Crippen molar-refractivity contribution in [3.8, 4) is 0 Å². The number of anilines is 1. The van der Waals surface area contributed by atoms with Crippen molar-refractivity contribution in [1.29, 1.82) is 0 Å². The Balaban J connectivity index is 2.08. The van der Waals surface area contributed by atoms with Crippen molar-refractivity contribution < 1.29 is 0 Å². The van der Waals surface area contributed by atoms with Crippen LogP contribution < -0.4 is 10.9 Å². The molecule has 4 heteroatoms. The largest absolute Gasteiger partial charge is 0.363 e. The fourth-order valence-corrected chi connectivity index (χ4v) is 2.67. The highest BCUT2D eigenvalue weighted by atomic mass is 16.1. The van der Waals surface area contributed by atoms with Crippen LogP contribution in [0.1, 0.15) is 59.4 Å². The van der Waals surface area contributed by atoms with Crippen molar-refractivity contribution in [2.75, 3.05) is 5.32 Å². The summed E-state index contributed by atoms with van der Waals surface area (Å²) in [6, 6.07) is 0.553. The fourth-order valence-electron chi connectivity index (χ4n) is 2.67. The average molecular weight is 263 g/mol. The van der Waals surface area contributed by atoms with Gasteiger partial charge in [0, 0.05) is 24.5 Å². The van der Waals surface area contributed by atoms with Gasteiger partial charge in [0.05, 0.1) is 0 Å². The van der Waals surface area contributed by atoms with E-state index in [1.165, 1.54) is 12.8 Å². The van der Waals surface area contributed by atoms with Gasteiger partial charge in [0.1, 0.15) is 0 Å². The minimum atomic E-state index is -0.0117. The van der Waals surface area contributed by atoms with Crippen LogP contribution in [0.15, 0.2) is 17.2 Å². The number of nitrogens with one attached hydrogen (secondary N) is 1. The minimum Gasteiger partial charge on any atom is -0.363 e. The summed E-state index contributed by atoms with van der Waals surface area (Å²) in [4.78, 5) is 16.5. The number of rotatable bonds is 3. The molecule has 0 aromatic carbocycles. The molecule has 0 aliphatic heterocycles.